The number of hydrogen-bond acceptors (Lipinski definition) is 5. The van der Waals surface area contributed by atoms with Crippen LogP contribution in [0.3, 0.4) is 0 Å². The van der Waals surface area contributed by atoms with Crippen LogP contribution < -0.4 is 15.4 Å². The molecule has 1 atom stereocenters. The maximum Gasteiger partial charge on any atom is 0.263 e. The minimum Gasteiger partial charge on any atom is -0.352 e. The summed E-state index contributed by atoms with van der Waals surface area (Å²) >= 11 is 0. The summed E-state index contributed by atoms with van der Waals surface area (Å²) in [5.41, 5.74) is 1.45. The Kier molecular flexibility index (Phi) is 6.03. The molecule has 162 valence electrons. The molecule has 1 aliphatic carbocycles. The van der Waals surface area contributed by atoms with E-state index in [1.807, 2.05) is 30.3 Å². The SMILES string of the molecule is O=C(CCN=C1NS(=O)(=O)c2ccccc21)NC(Cc1ccccc1)C(=O)NC1CC1. The molecule has 1 unspecified atom stereocenters. The number of amidine groups is 1. The first-order chi connectivity index (χ1) is 14.9. The Bertz CT molecular complexity index is 1110. The van der Waals surface area contributed by atoms with Crippen LogP contribution >= 0.6 is 0 Å². The van der Waals surface area contributed by atoms with E-state index in [1.54, 1.807) is 18.2 Å². The summed E-state index contributed by atoms with van der Waals surface area (Å²) in [6.07, 6.45) is 2.36. The Morgan fingerprint density at radius 2 is 1.77 bits per heavy atom. The summed E-state index contributed by atoms with van der Waals surface area (Å²) in [5, 5.41) is 5.74. The van der Waals surface area contributed by atoms with Crippen molar-refractivity contribution < 1.29 is 18.0 Å². The van der Waals surface area contributed by atoms with Gasteiger partial charge in [-0.3, -0.25) is 19.3 Å². The van der Waals surface area contributed by atoms with Crippen molar-refractivity contribution in [3.8, 4) is 0 Å². The minimum absolute atomic E-state index is 0.0371. The summed E-state index contributed by atoms with van der Waals surface area (Å²) < 4.78 is 26.7. The van der Waals surface area contributed by atoms with E-state index >= 15 is 0 Å². The van der Waals surface area contributed by atoms with Gasteiger partial charge in [0.1, 0.15) is 11.9 Å². The van der Waals surface area contributed by atoms with Crippen molar-refractivity contribution >= 4 is 27.7 Å². The van der Waals surface area contributed by atoms with Crippen LogP contribution in [-0.2, 0) is 26.0 Å². The number of nitrogens with zero attached hydrogens (tertiary/aromatic N) is 1. The van der Waals surface area contributed by atoms with Gasteiger partial charge < -0.3 is 10.6 Å². The lowest BCUT2D eigenvalue weighted by molar-refractivity contribution is -0.129. The fourth-order valence-corrected chi connectivity index (χ4v) is 4.63. The number of aliphatic imine (C=N–C) groups is 1. The molecule has 2 aliphatic rings. The number of carbonyl (C=O) groups excluding carboxylic acids is 2. The minimum atomic E-state index is -3.61. The lowest BCUT2D eigenvalue weighted by Gasteiger charge is -2.18. The molecular weight excluding hydrogens is 416 g/mol. The fourth-order valence-electron chi connectivity index (χ4n) is 3.38. The highest BCUT2D eigenvalue weighted by atomic mass is 32.2. The van der Waals surface area contributed by atoms with Crippen LogP contribution in [0.1, 0.15) is 30.4 Å². The number of rotatable bonds is 8. The summed E-state index contributed by atoms with van der Waals surface area (Å²) in [7, 11) is -3.61. The van der Waals surface area contributed by atoms with E-state index in [1.165, 1.54) is 6.07 Å². The van der Waals surface area contributed by atoms with Crippen LogP contribution in [0.4, 0.5) is 0 Å². The van der Waals surface area contributed by atoms with Crippen LogP contribution in [0, 0.1) is 0 Å². The molecule has 9 heteroatoms. The molecule has 8 nitrogen and oxygen atoms in total. The Balaban J connectivity index is 1.37. The molecule has 1 fully saturated rings. The Labute approximate surface area is 181 Å². The zero-order valence-corrected chi connectivity index (χ0v) is 17.7. The standard InChI is InChI=1S/C22H24N4O4S/c27-20(12-13-23-21-17-8-4-5-9-19(17)31(29,30)26-21)25-18(22(28)24-16-10-11-16)14-15-6-2-1-3-7-15/h1-9,16,18H,10-14H2,(H,23,26)(H,24,28)(H,25,27). The summed E-state index contributed by atoms with van der Waals surface area (Å²) in [6, 6.07) is 15.6. The molecule has 2 amide bonds. The average Bonchev–Trinajstić information content (AvgIpc) is 3.53. The van der Waals surface area contributed by atoms with Gasteiger partial charge in [-0.1, -0.05) is 42.5 Å². The van der Waals surface area contributed by atoms with Gasteiger partial charge in [-0.05, 0) is 30.5 Å². The van der Waals surface area contributed by atoms with Crippen LogP contribution in [0.25, 0.3) is 0 Å². The largest absolute Gasteiger partial charge is 0.352 e. The molecule has 0 spiro atoms. The second-order valence-corrected chi connectivity index (χ2v) is 9.33. The van der Waals surface area contributed by atoms with Crippen molar-refractivity contribution in [2.45, 2.75) is 42.7 Å². The second kappa shape index (κ2) is 8.89. The highest BCUT2D eigenvalue weighted by Gasteiger charge is 2.30. The number of hydrogen-bond donors (Lipinski definition) is 3. The third-order valence-electron chi connectivity index (χ3n) is 5.13. The van der Waals surface area contributed by atoms with Gasteiger partial charge in [0.15, 0.2) is 0 Å². The number of fused-ring (bicyclic) bond motifs is 1. The van der Waals surface area contributed by atoms with Gasteiger partial charge in [-0.2, -0.15) is 0 Å². The summed E-state index contributed by atoms with van der Waals surface area (Å²) in [5.74, 6) is -0.274. The molecule has 31 heavy (non-hydrogen) atoms. The van der Waals surface area contributed by atoms with Gasteiger partial charge in [-0.15, -0.1) is 0 Å². The molecule has 2 aromatic rings. The first-order valence-electron chi connectivity index (χ1n) is 10.2. The van der Waals surface area contributed by atoms with Gasteiger partial charge >= 0.3 is 0 Å². The monoisotopic (exact) mass is 440 g/mol. The van der Waals surface area contributed by atoms with Crippen LogP contribution in [-0.4, -0.2) is 44.7 Å². The third kappa shape index (κ3) is 5.29. The smallest absolute Gasteiger partial charge is 0.263 e. The molecule has 0 radical (unpaired) electrons. The average molecular weight is 441 g/mol. The molecule has 1 aliphatic heterocycles. The number of carbonyl (C=O) groups is 2. The van der Waals surface area contributed by atoms with Crippen molar-refractivity contribution in [2.75, 3.05) is 6.54 Å². The quantitative estimate of drug-likeness (QED) is 0.570. The Morgan fingerprint density at radius 3 is 2.52 bits per heavy atom. The molecule has 4 rings (SSSR count). The van der Waals surface area contributed by atoms with E-state index in [0.717, 1.165) is 18.4 Å². The Morgan fingerprint density at radius 1 is 1.06 bits per heavy atom. The number of sulfonamides is 1. The molecule has 2 aromatic carbocycles. The topological polar surface area (TPSA) is 117 Å². The molecule has 3 N–H and O–H groups in total. The molecule has 0 bridgehead atoms. The Hall–Kier alpha value is -3.20. The molecule has 1 heterocycles. The van der Waals surface area contributed by atoms with Gasteiger partial charge in [0.05, 0.1) is 11.4 Å². The molecular formula is C22H24N4O4S. The van der Waals surface area contributed by atoms with E-state index in [9.17, 15) is 18.0 Å². The molecule has 0 saturated heterocycles. The first kappa shape index (κ1) is 21.0. The van der Waals surface area contributed by atoms with Crippen LogP contribution in [0.2, 0.25) is 0 Å². The number of benzene rings is 2. The lowest BCUT2D eigenvalue weighted by atomic mass is 10.0. The van der Waals surface area contributed by atoms with Crippen molar-refractivity contribution in [3.63, 3.8) is 0 Å². The maximum atomic E-state index is 12.6. The van der Waals surface area contributed by atoms with Gasteiger partial charge in [-0.25, -0.2) is 8.42 Å². The van der Waals surface area contributed by atoms with Gasteiger partial charge in [0.25, 0.3) is 10.0 Å². The van der Waals surface area contributed by atoms with E-state index in [0.29, 0.717) is 12.0 Å². The first-order valence-corrected chi connectivity index (χ1v) is 11.7. The van der Waals surface area contributed by atoms with Gasteiger partial charge in [0, 0.05) is 24.4 Å². The van der Waals surface area contributed by atoms with Crippen LogP contribution in [0.15, 0.2) is 64.5 Å². The van der Waals surface area contributed by atoms with Crippen molar-refractivity contribution in [1.29, 1.82) is 0 Å². The fraction of sp³-hybridized carbons (Fsp3) is 0.318. The normalized spacial score (nSPS) is 18.6. The second-order valence-electron chi connectivity index (χ2n) is 7.67. The summed E-state index contributed by atoms with van der Waals surface area (Å²) in [6.45, 7) is 0.0975. The van der Waals surface area contributed by atoms with E-state index < -0.39 is 16.1 Å². The van der Waals surface area contributed by atoms with Gasteiger partial charge in [0.2, 0.25) is 11.8 Å². The summed E-state index contributed by atoms with van der Waals surface area (Å²) in [4.78, 5) is 29.5. The van der Waals surface area contributed by atoms with E-state index in [2.05, 4.69) is 20.3 Å². The number of amides is 2. The maximum absolute atomic E-state index is 12.6. The van der Waals surface area contributed by atoms with Crippen molar-refractivity contribution in [1.82, 2.24) is 15.4 Å². The van der Waals surface area contributed by atoms with Crippen molar-refractivity contribution in [2.24, 2.45) is 4.99 Å². The molecule has 1 saturated carbocycles. The number of nitrogens with one attached hydrogen (secondary N) is 3. The van der Waals surface area contributed by atoms with Crippen molar-refractivity contribution in [3.05, 3.63) is 65.7 Å². The highest BCUT2D eigenvalue weighted by Crippen LogP contribution is 2.22. The van der Waals surface area contributed by atoms with E-state index in [-0.39, 0.29) is 41.6 Å². The van der Waals surface area contributed by atoms with Crippen LogP contribution in [0.5, 0.6) is 0 Å². The zero-order valence-electron chi connectivity index (χ0n) is 16.9. The van der Waals surface area contributed by atoms with E-state index in [4.69, 9.17) is 0 Å². The predicted molar refractivity (Wildman–Crippen MR) is 116 cm³/mol. The molecule has 0 aromatic heterocycles. The lowest BCUT2D eigenvalue weighted by Crippen LogP contribution is -2.48. The zero-order chi connectivity index (χ0) is 21.8. The highest BCUT2D eigenvalue weighted by molar-refractivity contribution is 7.90. The third-order valence-corrected chi connectivity index (χ3v) is 6.53. The predicted octanol–water partition coefficient (Wildman–Crippen LogP) is 1.12.